The van der Waals surface area contributed by atoms with E-state index in [1.807, 2.05) is 25.1 Å². The highest BCUT2D eigenvalue weighted by Crippen LogP contribution is 2.29. The quantitative estimate of drug-likeness (QED) is 0.379. The van der Waals surface area contributed by atoms with Crippen LogP contribution in [-0.2, 0) is 16.4 Å². The van der Waals surface area contributed by atoms with Gasteiger partial charge in [0.2, 0.25) is 0 Å². The maximum Gasteiger partial charge on any atom is 0.263 e. The molecular weight excluding hydrogens is 596 g/mol. The van der Waals surface area contributed by atoms with E-state index in [1.165, 1.54) is 6.07 Å². The van der Waals surface area contributed by atoms with Crippen molar-refractivity contribution in [3.63, 3.8) is 0 Å². The van der Waals surface area contributed by atoms with E-state index in [-0.39, 0.29) is 10.8 Å². The predicted molar refractivity (Wildman–Crippen MR) is 144 cm³/mol. The summed E-state index contributed by atoms with van der Waals surface area (Å²) in [5, 5.41) is 11.1. The fourth-order valence-corrected chi connectivity index (χ4v) is 6.82. The first kappa shape index (κ1) is 25.9. The van der Waals surface area contributed by atoms with Gasteiger partial charge in [-0.25, -0.2) is 8.42 Å². The van der Waals surface area contributed by atoms with Gasteiger partial charge in [-0.05, 0) is 83.7 Å². The molecule has 1 saturated heterocycles. The first-order chi connectivity index (χ1) is 16.5. The largest absolute Gasteiger partial charge is 0.389 e. The summed E-state index contributed by atoms with van der Waals surface area (Å²) in [6.45, 7) is 2.96. The molecule has 3 aromatic rings. The lowest BCUT2D eigenvalue weighted by atomic mass is 9.85. The van der Waals surface area contributed by atoms with Crippen molar-refractivity contribution in [1.29, 1.82) is 0 Å². The minimum atomic E-state index is -3.81. The zero-order valence-electron chi connectivity index (χ0n) is 19.2. The Bertz CT molecular complexity index is 1340. The molecule has 0 radical (unpaired) electrons. The van der Waals surface area contributed by atoms with E-state index < -0.39 is 15.6 Å². The average molecular weight is 622 g/mol. The number of hydrogen-bond acceptors (Lipinski definition) is 4. The van der Waals surface area contributed by atoms with Gasteiger partial charge < -0.3 is 10.0 Å². The monoisotopic (exact) mass is 620 g/mol. The van der Waals surface area contributed by atoms with Gasteiger partial charge in [-0.3, -0.25) is 9.52 Å². The highest BCUT2D eigenvalue weighted by atomic mass is 79.9. The van der Waals surface area contributed by atoms with Crippen LogP contribution >= 0.6 is 31.9 Å². The van der Waals surface area contributed by atoms with Gasteiger partial charge >= 0.3 is 0 Å². The van der Waals surface area contributed by atoms with E-state index in [2.05, 4.69) is 42.6 Å². The summed E-state index contributed by atoms with van der Waals surface area (Å²) in [4.78, 5) is 14.9. The number of amides is 1. The molecule has 184 valence electrons. The van der Waals surface area contributed by atoms with Gasteiger partial charge in [0.15, 0.2) is 0 Å². The van der Waals surface area contributed by atoms with Crippen LogP contribution in [-0.4, -0.2) is 43.0 Å². The highest BCUT2D eigenvalue weighted by Gasteiger charge is 2.34. The van der Waals surface area contributed by atoms with Gasteiger partial charge in [0, 0.05) is 39.7 Å². The molecular formula is C26H26Br2N2O4S. The van der Waals surface area contributed by atoms with Gasteiger partial charge in [0.25, 0.3) is 15.9 Å². The normalized spacial score (nSPS) is 15.6. The molecule has 0 unspecified atom stereocenters. The van der Waals surface area contributed by atoms with E-state index in [0.29, 0.717) is 52.5 Å². The SMILES string of the molecule is Cc1cccc(CC2(O)CCN(C(=O)c3ccc(NS(=O)(=O)c4cc(Br)ccc4Br)cc3)CC2)c1. The van der Waals surface area contributed by atoms with Crippen LogP contribution in [0.5, 0.6) is 0 Å². The van der Waals surface area contributed by atoms with Crippen LogP contribution in [0.1, 0.15) is 34.3 Å². The van der Waals surface area contributed by atoms with Crippen LogP contribution < -0.4 is 4.72 Å². The zero-order chi connectivity index (χ0) is 25.2. The fraction of sp³-hybridized carbons (Fsp3) is 0.269. The lowest BCUT2D eigenvalue weighted by Gasteiger charge is -2.38. The number of anilines is 1. The average Bonchev–Trinajstić information content (AvgIpc) is 2.81. The number of aryl methyl sites for hydroxylation is 1. The standard InChI is InChI=1S/C26H26Br2N2O4S/c1-18-3-2-4-19(15-18)17-26(32)11-13-30(14-12-26)25(31)20-5-8-22(9-6-20)29-35(33,34)24-16-21(27)7-10-23(24)28/h2-10,15-16,29,32H,11-14,17H2,1H3. The Morgan fingerprint density at radius 1 is 1.03 bits per heavy atom. The smallest absolute Gasteiger partial charge is 0.263 e. The van der Waals surface area contributed by atoms with Crippen molar-refractivity contribution in [3.8, 4) is 0 Å². The number of aliphatic hydroxyl groups is 1. The second-order valence-electron chi connectivity index (χ2n) is 8.94. The molecule has 3 aromatic carbocycles. The van der Waals surface area contributed by atoms with Crippen molar-refractivity contribution in [2.45, 2.75) is 36.7 Å². The molecule has 1 amide bonds. The molecule has 2 N–H and O–H groups in total. The number of nitrogens with one attached hydrogen (secondary N) is 1. The van der Waals surface area contributed by atoms with Crippen LogP contribution in [0.2, 0.25) is 0 Å². The Kier molecular flexibility index (Phi) is 7.71. The van der Waals surface area contributed by atoms with Crippen molar-refractivity contribution in [2.24, 2.45) is 0 Å². The molecule has 1 fully saturated rings. The minimum absolute atomic E-state index is 0.110. The number of piperidine rings is 1. The first-order valence-electron chi connectivity index (χ1n) is 11.2. The number of carbonyl (C=O) groups excluding carboxylic acids is 1. The van der Waals surface area contributed by atoms with Gasteiger partial charge in [-0.2, -0.15) is 0 Å². The van der Waals surface area contributed by atoms with Crippen molar-refractivity contribution >= 4 is 53.5 Å². The van der Waals surface area contributed by atoms with E-state index in [1.54, 1.807) is 41.3 Å². The molecule has 0 saturated carbocycles. The number of likely N-dealkylation sites (tertiary alicyclic amines) is 1. The predicted octanol–water partition coefficient (Wildman–Crippen LogP) is 5.53. The Balaban J connectivity index is 1.38. The maximum atomic E-state index is 13.0. The van der Waals surface area contributed by atoms with Crippen molar-refractivity contribution in [2.75, 3.05) is 17.8 Å². The zero-order valence-corrected chi connectivity index (χ0v) is 23.2. The minimum Gasteiger partial charge on any atom is -0.389 e. The summed E-state index contributed by atoms with van der Waals surface area (Å²) >= 11 is 6.57. The molecule has 1 heterocycles. The number of hydrogen-bond donors (Lipinski definition) is 2. The van der Waals surface area contributed by atoms with Crippen LogP contribution in [0.15, 0.2) is 80.6 Å². The Labute approximate surface area is 222 Å². The number of nitrogens with zero attached hydrogens (tertiary/aromatic N) is 1. The molecule has 1 aliphatic rings. The summed E-state index contributed by atoms with van der Waals surface area (Å²) in [5.41, 5.74) is 2.27. The topological polar surface area (TPSA) is 86.7 Å². The molecule has 35 heavy (non-hydrogen) atoms. The lowest BCUT2D eigenvalue weighted by Crippen LogP contribution is -2.47. The van der Waals surface area contributed by atoms with Crippen LogP contribution in [0, 0.1) is 6.92 Å². The van der Waals surface area contributed by atoms with E-state index in [4.69, 9.17) is 0 Å². The number of rotatable bonds is 6. The van der Waals surface area contributed by atoms with E-state index in [9.17, 15) is 18.3 Å². The van der Waals surface area contributed by atoms with Crippen LogP contribution in [0.3, 0.4) is 0 Å². The Morgan fingerprint density at radius 3 is 2.37 bits per heavy atom. The van der Waals surface area contributed by atoms with Crippen LogP contribution in [0.25, 0.3) is 0 Å². The van der Waals surface area contributed by atoms with Crippen LogP contribution in [0.4, 0.5) is 5.69 Å². The molecule has 0 atom stereocenters. The molecule has 6 nitrogen and oxygen atoms in total. The van der Waals surface area contributed by atoms with E-state index >= 15 is 0 Å². The van der Waals surface area contributed by atoms with E-state index in [0.717, 1.165) is 11.1 Å². The Morgan fingerprint density at radius 2 is 1.71 bits per heavy atom. The molecule has 9 heteroatoms. The van der Waals surface area contributed by atoms with Gasteiger partial charge in [-0.1, -0.05) is 45.8 Å². The van der Waals surface area contributed by atoms with Gasteiger partial charge in [-0.15, -0.1) is 0 Å². The number of benzene rings is 3. The molecule has 1 aliphatic heterocycles. The second-order valence-corrected chi connectivity index (χ2v) is 12.4. The summed E-state index contributed by atoms with van der Waals surface area (Å²) in [5.74, 6) is -0.133. The molecule has 4 rings (SSSR count). The summed E-state index contributed by atoms with van der Waals surface area (Å²) in [6, 6.07) is 19.4. The Hall–Kier alpha value is -2.20. The molecule has 0 spiro atoms. The molecule has 0 aliphatic carbocycles. The lowest BCUT2D eigenvalue weighted by molar-refractivity contribution is -0.0162. The summed E-state index contributed by atoms with van der Waals surface area (Å²) in [6.07, 6.45) is 1.58. The third kappa shape index (κ3) is 6.33. The summed E-state index contributed by atoms with van der Waals surface area (Å²) in [7, 11) is -3.81. The van der Waals surface area contributed by atoms with Gasteiger partial charge in [0.05, 0.1) is 5.60 Å². The second kappa shape index (κ2) is 10.4. The third-order valence-electron chi connectivity index (χ3n) is 6.16. The highest BCUT2D eigenvalue weighted by molar-refractivity contribution is 9.11. The maximum absolute atomic E-state index is 13.0. The van der Waals surface area contributed by atoms with Crippen molar-refractivity contribution < 1.29 is 18.3 Å². The first-order valence-corrected chi connectivity index (χ1v) is 14.3. The van der Waals surface area contributed by atoms with Gasteiger partial charge in [0.1, 0.15) is 4.90 Å². The third-order valence-corrected chi connectivity index (χ3v) is 9.03. The number of halogens is 2. The van der Waals surface area contributed by atoms with Crippen molar-refractivity contribution in [1.82, 2.24) is 4.90 Å². The number of sulfonamides is 1. The molecule has 0 bridgehead atoms. The van der Waals surface area contributed by atoms with Crippen molar-refractivity contribution in [3.05, 3.63) is 92.4 Å². The molecule has 0 aromatic heterocycles. The number of carbonyl (C=O) groups is 1. The fourth-order valence-electron chi connectivity index (χ4n) is 4.26. The summed E-state index contributed by atoms with van der Waals surface area (Å²) < 4.78 is 29.2.